The number of pyridine rings is 1. The van der Waals surface area contributed by atoms with E-state index in [0.29, 0.717) is 30.0 Å². The Kier molecular flexibility index (Phi) is 3.03. The van der Waals surface area contributed by atoms with Crippen molar-refractivity contribution in [1.29, 1.82) is 0 Å². The van der Waals surface area contributed by atoms with E-state index in [1.807, 2.05) is 6.07 Å². The molecule has 0 bridgehead atoms. The van der Waals surface area contributed by atoms with Crippen LogP contribution in [0, 0.1) is 18.3 Å². The molecule has 1 N–H and O–H groups in total. The fraction of sp³-hybridized carbons (Fsp3) is 0.684. The molecule has 128 valence electrons. The number of aromatic nitrogens is 1. The Bertz CT molecular complexity index is 713. The number of anilines is 1. The van der Waals surface area contributed by atoms with E-state index in [9.17, 15) is 4.79 Å². The summed E-state index contributed by atoms with van der Waals surface area (Å²) < 4.78 is 6.26. The molecule has 0 radical (unpaired) electrons. The van der Waals surface area contributed by atoms with Gasteiger partial charge in [0.15, 0.2) is 0 Å². The quantitative estimate of drug-likeness (QED) is 0.923. The van der Waals surface area contributed by atoms with E-state index >= 15 is 0 Å². The van der Waals surface area contributed by atoms with Crippen molar-refractivity contribution < 1.29 is 9.53 Å². The van der Waals surface area contributed by atoms with Crippen LogP contribution < -0.4 is 10.2 Å². The Balaban J connectivity index is 1.31. The van der Waals surface area contributed by atoms with Crippen LogP contribution in [0.25, 0.3) is 0 Å². The first-order valence-corrected chi connectivity index (χ1v) is 9.21. The zero-order valence-corrected chi connectivity index (χ0v) is 14.5. The molecular weight excluding hydrogens is 302 g/mol. The molecule has 1 aromatic heterocycles. The van der Waals surface area contributed by atoms with E-state index in [0.717, 1.165) is 42.2 Å². The van der Waals surface area contributed by atoms with Crippen LogP contribution in [0.4, 0.5) is 5.82 Å². The molecule has 0 spiro atoms. The van der Waals surface area contributed by atoms with E-state index in [4.69, 9.17) is 9.72 Å². The molecule has 1 saturated heterocycles. The van der Waals surface area contributed by atoms with Gasteiger partial charge in [0, 0.05) is 18.5 Å². The maximum absolute atomic E-state index is 11.8. The van der Waals surface area contributed by atoms with Gasteiger partial charge in [-0.3, -0.25) is 4.79 Å². The molecule has 5 rings (SSSR count). The average Bonchev–Trinajstić information content (AvgIpc) is 3.47. The van der Waals surface area contributed by atoms with Crippen LogP contribution in [-0.4, -0.2) is 36.2 Å². The van der Waals surface area contributed by atoms with Gasteiger partial charge in [-0.1, -0.05) is 6.92 Å². The minimum atomic E-state index is 0.0112. The van der Waals surface area contributed by atoms with E-state index in [-0.39, 0.29) is 5.91 Å². The lowest BCUT2D eigenvalue weighted by Crippen LogP contribution is -2.40. The van der Waals surface area contributed by atoms with Crippen molar-refractivity contribution in [3.05, 3.63) is 22.9 Å². The lowest BCUT2D eigenvalue weighted by molar-refractivity contribution is 0.00311. The summed E-state index contributed by atoms with van der Waals surface area (Å²) in [7, 11) is 0. The zero-order valence-electron chi connectivity index (χ0n) is 14.5. The minimum Gasteiger partial charge on any atom is -0.377 e. The first kappa shape index (κ1) is 14.7. The summed E-state index contributed by atoms with van der Waals surface area (Å²) in [6.07, 6.45) is 5.39. The number of nitrogens with one attached hydrogen (secondary N) is 1. The molecular formula is C19H25N3O2. The van der Waals surface area contributed by atoms with Crippen LogP contribution in [0.5, 0.6) is 0 Å². The van der Waals surface area contributed by atoms with E-state index < -0.39 is 0 Å². The second-order valence-electron chi connectivity index (χ2n) is 8.41. The van der Waals surface area contributed by atoms with Crippen molar-refractivity contribution in [2.24, 2.45) is 11.3 Å². The predicted octanol–water partition coefficient (Wildman–Crippen LogP) is 2.42. The standard InChI is InChI=1S/C19H25N3O2/c1-11-7-12-14(9-20-18(12)23)21-17(11)22-6-3-16(13-8-15(13)22)24-10-19(2)4-5-19/h7,13,15-16H,3-6,8-10H2,1-2H3,(H,20,23). The Hall–Kier alpha value is -1.62. The molecule has 3 fully saturated rings. The Morgan fingerprint density at radius 1 is 1.46 bits per heavy atom. The number of carbonyl (C=O) groups is 1. The summed E-state index contributed by atoms with van der Waals surface area (Å²) in [5, 5.41) is 2.87. The maximum atomic E-state index is 11.8. The van der Waals surface area contributed by atoms with Crippen LogP contribution in [0.2, 0.25) is 0 Å². The number of piperidine rings is 1. The maximum Gasteiger partial charge on any atom is 0.253 e. The third-order valence-corrected chi connectivity index (χ3v) is 6.28. The molecule has 2 aliphatic carbocycles. The van der Waals surface area contributed by atoms with Gasteiger partial charge in [0.2, 0.25) is 0 Å². The largest absolute Gasteiger partial charge is 0.377 e. The summed E-state index contributed by atoms with van der Waals surface area (Å²) in [6.45, 7) is 6.91. The molecule has 1 aromatic rings. The normalized spacial score (nSPS) is 32.2. The number of aryl methyl sites for hydroxylation is 1. The number of fused-ring (bicyclic) bond motifs is 2. The molecule has 5 nitrogen and oxygen atoms in total. The second-order valence-corrected chi connectivity index (χ2v) is 8.41. The lowest BCUT2D eigenvalue weighted by atomic mass is 10.1. The third-order valence-electron chi connectivity index (χ3n) is 6.28. The highest BCUT2D eigenvalue weighted by Crippen LogP contribution is 2.49. The van der Waals surface area contributed by atoms with Crippen LogP contribution in [0.15, 0.2) is 6.07 Å². The van der Waals surface area contributed by atoms with Gasteiger partial charge in [0.1, 0.15) is 5.82 Å². The lowest BCUT2D eigenvalue weighted by Gasteiger charge is -2.33. The molecule has 5 heteroatoms. The van der Waals surface area contributed by atoms with Gasteiger partial charge < -0.3 is 15.0 Å². The van der Waals surface area contributed by atoms with Gasteiger partial charge in [-0.15, -0.1) is 0 Å². The number of ether oxygens (including phenoxy) is 1. The number of hydrogen-bond donors (Lipinski definition) is 1. The van der Waals surface area contributed by atoms with E-state index in [2.05, 4.69) is 24.1 Å². The van der Waals surface area contributed by atoms with Gasteiger partial charge in [-0.25, -0.2) is 4.98 Å². The zero-order chi connectivity index (χ0) is 16.5. The summed E-state index contributed by atoms with van der Waals surface area (Å²) in [6, 6.07) is 2.58. The van der Waals surface area contributed by atoms with Crippen molar-refractivity contribution in [2.75, 3.05) is 18.1 Å². The number of amides is 1. The fourth-order valence-corrected chi connectivity index (χ4v) is 4.26. The summed E-state index contributed by atoms with van der Waals surface area (Å²) in [5.41, 5.74) is 3.23. The van der Waals surface area contributed by atoms with Crippen LogP contribution in [-0.2, 0) is 11.3 Å². The number of nitrogens with zero attached hydrogens (tertiary/aromatic N) is 2. The van der Waals surface area contributed by atoms with Gasteiger partial charge in [-0.05, 0) is 49.7 Å². The first-order chi connectivity index (χ1) is 11.5. The van der Waals surface area contributed by atoms with Crippen molar-refractivity contribution in [1.82, 2.24) is 10.3 Å². The van der Waals surface area contributed by atoms with Crippen molar-refractivity contribution in [3.63, 3.8) is 0 Å². The van der Waals surface area contributed by atoms with Crippen molar-refractivity contribution >= 4 is 11.7 Å². The predicted molar refractivity (Wildman–Crippen MR) is 91.1 cm³/mol. The number of rotatable bonds is 4. The Labute approximate surface area is 142 Å². The molecule has 3 unspecified atom stereocenters. The number of carbonyl (C=O) groups excluding carboxylic acids is 1. The highest BCUT2D eigenvalue weighted by Gasteiger charge is 2.52. The van der Waals surface area contributed by atoms with Crippen LogP contribution in [0.1, 0.15) is 54.2 Å². The van der Waals surface area contributed by atoms with Crippen LogP contribution in [0.3, 0.4) is 0 Å². The van der Waals surface area contributed by atoms with E-state index in [1.54, 1.807) is 0 Å². The van der Waals surface area contributed by atoms with Crippen molar-refractivity contribution in [2.45, 2.75) is 58.2 Å². The number of hydrogen-bond acceptors (Lipinski definition) is 4. The summed E-state index contributed by atoms with van der Waals surface area (Å²) >= 11 is 0. The third kappa shape index (κ3) is 2.32. The summed E-state index contributed by atoms with van der Waals surface area (Å²) in [5.74, 6) is 1.75. The summed E-state index contributed by atoms with van der Waals surface area (Å²) in [4.78, 5) is 19.1. The molecule has 4 aliphatic rings. The SMILES string of the molecule is Cc1cc2c(nc1N1CCC(OCC3(C)CC3)C3CC31)CNC2=O. The van der Waals surface area contributed by atoms with Crippen LogP contribution >= 0.6 is 0 Å². The molecule has 2 saturated carbocycles. The second kappa shape index (κ2) is 4.94. The molecule has 3 atom stereocenters. The molecule has 2 aliphatic heterocycles. The first-order valence-electron chi connectivity index (χ1n) is 9.21. The van der Waals surface area contributed by atoms with Crippen molar-refractivity contribution in [3.8, 4) is 0 Å². The van der Waals surface area contributed by atoms with Gasteiger partial charge in [0.25, 0.3) is 5.91 Å². The molecule has 3 heterocycles. The topological polar surface area (TPSA) is 54.5 Å². The van der Waals surface area contributed by atoms with Gasteiger partial charge in [0.05, 0.1) is 30.5 Å². The van der Waals surface area contributed by atoms with Gasteiger partial charge >= 0.3 is 0 Å². The fourth-order valence-electron chi connectivity index (χ4n) is 4.26. The average molecular weight is 327 g/mol. The highest BCUT2D eigenvalue weighted by molar-refractivity contribution is 5.98. The smallest absolute Gasteiger partial charge is 0.253 e. The minimum absolute atomic E-state index is 0.0112. The Morgan fingerprint density at radius 2 is 2.29 bits per heavy atom. The molecule has 24 heavy (non-hydrogen) atoms. The van der Waals surface area contributed by atoms with Gasteiger partial charge in [-0.2, -0.15) is 0 Å². The monoisotopic (exact) mass is 327 g/mol. The Morgan fingerprint density at radius 3 is 3.08 bits per heavy atom. The molecule has 1 amide bonds. The molecule has 0 aromatic carbocycles. The highest BCUT2D eigenvalue weighted by atomic mass is 16.5. The van der Waals surface area contributed by atoms with E-state index in [1.165, 1.54) is 19.3 Å².